The summed E-state index contributed by atoms with van der Waals surface area (Å²) in [7, 11) is 0. The lowest BCUT2D eigenvalue weighted by Crippen LogP contribution is -2.20. The number of benzene rings is 1. The van der Waals surface area contributed by atoms with Crippen molar-refractivity contribution in [1.29, 1.82) is 0 Å². The highest BCUT2D eigenvalue weighted by Gasteiger charge is 2.10. The topological polar surface area (TPSA) is 79.8 Å². The lowest BCUT2D eigenvalue weighted by molar-refractivity contribution is 0.102. The molecular formula is C15H12N4O2. The second kappa shape index (κ2) is 5.46. The molecule has 0 radical (unpaired) electrons. The van der Waals surface area contributed by atoms with Crippen LogP contribution in [0.5, 0.6) is 0 Å². The van der Waals surface area contributed by atoms with Crippen molar-refractivity contribution in [2.75, 3.05) is 5.32 Å². The number of H-pyrrole nitrogens is 1. The van der Waals surface area contributed by atoms with E-state index in [-0.39, 0.29) is 11.0 Å². The minimum Gasteiger partial charge on any atom is -0.367 e. The van der Waals surface area contributed by atoms with Gasteiger partial charge in [-0.15, -0.1) is 0 Å². The highest BCUT2D eigenvalue weighted by molar-refractivity contribution is 6.04. The van der Waals surface area contributed by atoms with Gasteiger partial charge in [-0.2, -0.15) is 0 Å². The first kappa shape index (κ1) is 12.9. The van der Waals surface area contributed by atoms with Crippen LogP contribution >= 0.6 is 0 Å². The molecule has 0 unspecified atom stereocenters. The van der Waals surface area contributed by atoms with Crippen LogP contribution in [0.2, 0.25) is 0 Å². The average molecular weight is 280 g/mol. The molecule has 0 atom stereocenters. The number of carbonyl (C=O) groups excluding carboxylic acids is 1. The minimum atomic E-state index is -0.445. The van der Waals surface area contributed by atoms with E-state index in [9.17, 15) is 9.59 Å². The maximum Gasteiger partial charge on any atom is 0.261 e. The van der Waals surface area contributed by atoms with Gasteiger partial charge in [-0.1, -0.05) is 6.07 Å². The molecule has 3 aromatic rings. The molecule has 3 rings (SSSR count). The number of nitrogens with zero attached hydrogens (tertiary/aromatic N) is 2. The second-order valence-corrected chi connectivity index (χ2v) is 4.40. The number of imidazole rings is 1. The SMILES string of the molecule is O=C(Nc1cccc(-n2ccnc2)c1)c1c[nH]ccc1=O. The van der Waals surface area contributed by atoms with E-state index in [2.05, 4.69) is 15.3 Å². The van der Waals surface area contributed by atoms with Crippen molar-refractivity contribution in [1.82, 2.24) is 14.5 Å². The Labute approximate surface area is 120 Å². The van der Waals surface area contributed by atoms with Crippen molar-refractivity contribution < 1.29 is 4.79 Å². The molecule has 21 heavy (non-hydrogen) atoms. The third-order valence-electron chi connectivity index (χ3n) is 2.98. The molecule has 1 amide bonds. The van der Waals surface area contributed by atoms with E-state index in [0.717, 1.165) is 5.69 Å². The number of amides is 1. The number of pyridine rings is 1. The molecule has 104 valence electrons. The molecule has 0 saturated carbocycles. The summed E-state index contributed by atoms with van der Waals surface area (Å²) >= 11 is 0. The summed E-state index contributed by atoms with van der Waals surface area (Å²) in [5.74, 6) is -0.445. The van der Waals surface area contributed by atoms with Crippen LogP contribution in [0.1, 0.15) is 10.4 Å². The van der Waals surface area contributed by atoms with Gasteiger partial charge in [0.1, 0.15) is 5.56 Å². The Hall–Kier alpha value is -3.15. The average Bonchev–Trinajstić information content (AvgIpc) is 3.02. The van der Waals surface area contributed by atoms with Gasteiger partial charge in [0, 0.05) is 42.2 Å². The fourth-order valence-electron chi connectivity index (χ4n) is 1.95. The molecule has 1 aromatic carbocycles. The molecule has 2 aromatic heterocycles. The number of aromatic nitrogens is 3. The van der Waals surface area contributed by atoms with E-state index >= 15 is 0 Å². The Morgan fingerprint density at radius 1 is 1.29 bits per heavy atom. The molecular weight excluding hydrogens is 268 g/mol. The van der Waals surface area contributed by atoms with Crippen molar-refractivity contribution in [2.45, 2.75) is 0 Å². The molecule has 0 aliphatic heterocycles. The highest BCUT2D eigenvalue weighted by atomic mass is 16.2. The smallest absolute Gasteiger partial charge is 0.261 e. The Morgan fingerprint density at radius 2 is 2.19 bits per heavy atom. The van der Waals surface area contributed by atoms with Gasteiger partial charge in [-0.05, 0) is 18.2 Å². The van der Waals surface area contributed by atoms with Crippen LogP contribution in [0.25, 0.3) is 5.69 Å². The summed E-state index contributed by atoms with van der Waals surface area (Å²) in [6, 6.07) is 8.59. The molecule has 0 spiro atoms. The predicted molar refractivity (Wildman–Crippen MR) is 78.6 cm³/mol. The number of nitrogens with one attached hydrogen (secondary N) is 2. The van der Waals surface area contributed by atoms with Gasteiger partial charge in [0.15, 0.2) is 5.43 Å². The largest absolute Gasteiger partial charge is 0.367 e. The Morgan fingerprint density at radius 3 is 2.95 bits per heavy atom. The van der Waals surface area contributed by atoms with Crippen molar-refractivity contribution >= 4 is 11.6 Å². The van der Waals surface area contributed by atoms with Gasteiger partial charge in [0.2, 0.25) is 0 Å². The van der Waals surface area contributed by atoms with E-state index < -0.39 is 5.91 Å². The lowest BCUT2D eigenvalue weighted by atomic mass is 10.2. The summed E-state index contributed by atoms with van der Waals surface area (Å²) in [4.78, 5) is 30.4. The van der Waals surface area contributed by atoms with Gasteiger partial charge >= 0.3 is 0 Å². The monoisotopic (exact) mass is 280 g/mol. The van der Waals surface area contributed by atoms with Crippen molar-refractivity contribution in [2.24, 2.45) is 0 Å². The van der Waals surface area contributed by atoms with Crippen molar-refractivity contribution in [3.63, 3.8) is 0 Å². The molecule has 0 saturated heterocycles. The fourth-order valence-corrected chi connectivity index (χ4v) is 1.95. The molecule has 2 heterocycles. The zero-order valence-electron chi connectivity index (χ0n) is 11.0. The summed E-state index contributed by atoms with van der Waals surface area (Å²) in [6.07, 6.45) is 8.02. The number of rotatable bonds is 3. The van der Waals surface area contributed by atoms with Crippen LogP contribution in [0, 0.1) is 0 Å². The van der Waals surface area contributed by atoms with Crippen molar-refractivity contribution in [3.8, 4) is 5.69 Å². The van der Waals surface area contributed by atoms with Crippen LogP contribution in [0.4, 0.5) is 5.69 Å². The molecule has 0 aliphatic carbocycles. The highest BCUT2D eigenvalue weighted by Crippen LogP contribution is 2.14. The Bertz CT molecular complexity index is 821. The normalized spacial score (nSPS) is 10.3. The summed E-state index contributed by atoms with van der Waals surface area (Å²) in [5, 5.41) is 2.71. The van der Waals surface area contributed by atoms with Gasteiger partial charge in [0.05, 0.1) is 6.33 Å². The van der Waals surface area contributed by atoms with Gasteiger partial charge in [-0.25, -0.2) is 4.98 Å². The number of anilines is 1. The summed E-state index contributed by atoms with van der Waals surface area (Å²) in [5.41, 5.74) is 1.23. The Kier molecular flexibility index (Phi) is 3.34. The van der Waals surface area contributed by atoms with Crippen LogP contribution in [-0.4, -0.2) is 20.4 Å². The molecule has 2 N–H and O–H groups in total. The third kappa shape index (κ3) is 2.74. The zero-order chi connectivity index (χ0) is 14.7. The molecule has 6 nitrogen and oxygen atoms in total. The van der Waals surface area contributed by atoms with E-state index in [1.54, 1.807) is 24.7 Å². The van der Waals surface area contributed by atoms with Crippen LogP contribution in [0.3, 0.4) is 0 Å². The molecule has 6 heteroatoms. The molecule has 0 aliphatic rings. The van der Waals surface area contributed by atoms with E-state index in [0.29, 0.717) is 5.69 Å². The minimum absolute atomic E-state index is 0.0746. The first-order chi connectivity index (χ1) is 10.2. The van der Waals surface area contributed by atoms with E-state index in [1.165, 1.54) is 18.5 Å². The zero-order valence-corrected chi connectivity index (χ0v) is 11.0. The third-order valence-corrected chi connectivity index (χ3v) is 2.98. The first-order valence-corrected chi connectivity index (χ1v) is 6.31. The van der Waals surface area contributed by atoms with Crippen LogP contribution in [0.15, 0.2) is 66.2 Å². The Balaban J connectivity index is 1.86. The van der Waals surface area contributed by atoms with Gasteiger partial charge in [0.25, 0.3) is 5.91 Å². The standard InChI is InChI=1S/C15H12N4O2/c20-14-4-5-16-9-13(14)15(21)18-11-2-1-3-12(8-11)19-7-6-17-10-19/h1-10H,(H,16,20)(H,18,21). The quantitative estimate of drug-likeness (QED) is 0.768. The van der Waals surface area contributed by atoms with Gasteiger partial charge in [-0.3, -0.25) is 9.59 Å². The molecule has 0 fully saturated rings. The number of carbonyl (C=O) groups is 1. The number of hydrogen-bond acceptors (Lipinski definition) is 3. The van der Waals surface area contributed by atoms with E-state index in [1.807, 2.05) is 22.9 Å². The number of aromatic amines is 1. The number of hydrogen-bond donors (Lipinski definition) is 2. The summed E-state index contributed by atoms with van der Waals surface area (Å²) < 4.78 is 1.82. The first-order valence-electron chi connectivity index (χ1n) is 6.31. The summed E-state index contributed by atoms with van der Waals surface area (Å²) in [6.45, 7) is 0. The fraction of sp³-hybridized carbons (Fsp3) is 0. The predicted octanol–water partition coefficient (Wildman–Crippen LogP) is 1.81. The molecule has 0 bridgehead atoms. The van der Waals surface area contributed by atoms with Gasteiger partial charge < -0.3 is 14.9 Å². The van der Waals surface area contributed by atoms with Crippen molar-refractivity contribution in [3.05, 3.63) is 77.2 Å². The maximum absolute atomic E-state index is 12.1. The van der Waals surface area contributed by atoms with Crippen LogP contribution < -0.4 is 10.7 Å². The van der Waals surface area contributed by atoms with E-state index in [4.69, 9.17) is 0 Å². The maximum atomic E-state index is 12.1. The lowest BCUT2D eigenvalue weighted by Gasteiger charge is -2.07. The van der Waals surface area contributed by atoms with Crippen LogP contribution in [-0.2, 0) is 0 Å². The second-order valence-electron chi connectivity index (χ2n) is 4.40.